The molecule has 1 unspecified atom stereocenters. The lowest BCUT2D eigenvalue weighted by Crippen LogP contribution is -2.31. The third kappa shape index (κ3) is 4.73. The van der Waals surface area contributed by atoms with Crippen LogP contribution < -0.4 is 0 Å². The van der Waals surface area contributed by atoms with Crippen molar-refractivity contribution in [1.29, 1.82) is 0 Å². The van der Waals surface area contributed by atoms with Crippen LogP contribution in [0, 0.1) is 0 Å². The van der Waals surface area contributed by atoms with Crippen LogP contribution in [-0.4, -0.2) is 22.5 Å². The molecule has 1 aromatic rings. The zero-order chi connectivity index (χ0) is 13.4. The smallest absolute Gasteiger partial charge is 0.392 e. The van der Waals surface area contributed by atoms with E-state index in [1.807, 2.05) is 32.0 Å². The number of hydrogen-bond donors (Lipinski definition) is 0. The highest BCUT2D eigenvalue weighted by Gasteiger charge is 2.28. The average molecular weight is 286 g/mol. The van der Waals surface area contributed by atoms with Gasteiger partial charge in [-0.2, -0.15) is 0 Å². The first-order chi connectivity index (χ1) is 8.72. The fraction of sp³-hybridized carbons (Fsp3) is 0.571. The van der Waals surface area contributed by atoms with Crippen molar-refractivity contribution in [2.75, 3.05) is 13.2 Å². The van der Waals surface area contributed by atoms with Gasteiger partial charge in [-0.1, -0.05) is 37.1 Å². The Kier molecular flexibility index (Phi) is 7.59. The molecule has 4 heteroatoms. The summed E-state index contributed by atoms with van der Waals surface area (Å²) in [5.74, 6) is 0. The molecular weight excluding hydrogens is 264 g/mol. The molecule has 1 aromatic carbocycles. The quantitative estimate of drug-likeness (QED) is 0.662. The van der Waals surface area contributed by atoms with E-state index in [4.69, 9.17) is 20.5 Å². The monoisotopic (exact) mass is 285 g/mol. The summed E-state index contributed by atoms with van der Waals surface area (Å²) in [4.78, 5) is 0. The topological polar surface area (TPSA) is 18.5 Å². The summed E-state index contributed by atoms with van der Waals surface area (Å²) in [5.41, 5.74) is 1.58. The number of rotatable bonds is 8. The van der Waals surface area contributed by atoms with Gasteiger partial charge in [0.25, 0.3) is 0 Å². The van der Waals surface area contributed by atoms with Crippen LogP contribution in [-0.2, 0) is 8.85 Å². The Hall–Kier alpha value is -0.353. The number of benzene rings is 1. The van der Waals surface area contributed by atoms with Gasteiger partial charge in [0.1, 0.15) is 0 Å². The molecule has 2 nitrogen and oxygen atoms in total. The van der Waals surface area contributed by atoms with Crippen molar-refractivity contribution in [3.05, 3.63) is 34.9 Å². The Morgan fingerprint density at radius 2 is 1.83 bits per heavy atom. The SMILES string of the molecule is CCCC(c1cccc(Cl)c1)[Si](OCC)OCC. The van der Waals surface area contributed by atoms with Crippen molar-refractivity contribution < 1.29 is 8.85 Å². The largest absolute Gasteiger partial charge is 0.393 e. The van der Waals surface area contributed by atoms with Gasteiger partial charge in [0.2, 0.25) is 0 Å². The highest BCUT2D eigenvalue weighted by molar-refractivity contribution is 6.46. The van der Waals surface area contributed by atoms with Crippen molar-refractivity contribution in [3.63, 3.8) is 0 Å². The van der Waals surface area contributed by atoms with Gasteiger partial charge in [-0.15, -0.1) is 0 Å². The minimum atomic E-state index is -1.27. The molecule has 101 valence electrons. The van der Waals surface area contributed by atoms with Gasteiger partial charge in [0, 0.05) is 23.8 Å². The maximum Gasteiger partial charge on any atom is 0.392 e. The molecule has 0 N–H and O–H groups in total. The molecule has 18 heavy (non-hydrogen) atoms. The second-order valence-corrected chi connectivity index (χ2v) is 6.43. The van der Waals surface area contributed by atoms with Crippen LogP contribution in [0.1, 0.15) is 44.7 Å². The molecule has 0 amide bonds. The van der Waals surface area contributed by atoms with Crippen LogP contribution in [0.3, 0.4) is 0 Å². The molecule has 1 radical (unpaired) electrons. The Bertz CT molecular complexity index is 340. The fourth-order valence-corrected chi connectivity index (χ4v) is 4.19. The molecule has 0 saturated carbocycles. The molecular formula is C14H22ClO2Si. The highest BCUT2D eigenvalue weighted by atomic mass is 35.5. The minimum absolute atomic E-state index is 0.346. The zero-order valence-corrected chi connectivity index (χ0v) is 13.2. The van der Waals surface area contributed by atoms with E-state index in [0.29, 0.717) is 18.8 Å². The molecule has 0 aliphatic heterocycles. The molecule has 0 bridgehead atoms. The summed E-state index contributed by atoms with van der Waals surface area (Å²) in [6, 6.07) is 8.05. The molecule has 0 aliphatic rings. The normalized spacial score (nSPS) is 12.9. The minimum Gasteiger partial charge on any atom is -0.393 e. The summed E-state index contributed by atoms with van der Waals surface area (Å²) in [7, 11) is -1.27. The molecule has 0 spiro atoms. The second-order valence-electron chi connectivity index (χ2n) is 4.08. The van der Waals surface area contributed by atoms with Gasteiger partial charge in [-0.05, 0) is 38.0 Å². The van der Waals surface area contributed by atoms with Gasteiger partial charge >= 0.3 is 9.28 Å². The maximum atomic E-state index is 6.08. The molecule has 0 aromatic heterocycles. The molecule has 0 heterocycles. The van der Waals surface area contributed by atoms with Gasteiger partial charge in [0.15, 0.2) is 0 Å². The van der Waals surface area contributed by atoms with Crippen LogP contribution in [0.25, 0.3) is 0 Å². The summed E-state index contributed by atoms with van der Waals surface area (Å²) < 4.78 is 11.7. The van der Waals surface area contributed by atoms with Crippen LogP contribution in [0.15, 0.2) is 24.3 Å². The lowest BCUT2D eigenvalue weighted by molar-refractivity contribution is 0.203. The van der Waals surface area contributed by atoms with Crippen LogP contribution in [0.2, 0.25) is 5.02 Å². The van der Waals surface area contributed by atoms with Crippen molar-refractivity contribution in [1.82, 2.24) is 0 Å². The third-order valence-corrected chi connectivity index (χ3v) is 5.26. The standard InChI is InChI=1S/C14H22ClO2Si/c1-4-8-14(18(16-5-2)17-6-3)12-9-7-10-13(15)11-12/h7,9-11,14H,4-6,8H2,1-3H3. The summed E-state index contributed by atoms with van der Waals surface area (Å²) >= 11 is 6.08. The zero-order valence-electron chi connectivity index (χ0n) is 11.4. The predicted octanol–water partition coefficient (Wildman–Crippen LogP) is 4.32. The van der Waals surface area contributed by atoms with E-state index in [-0.39, 0.29) is 0 Å². The third-order valence-electron chi connectivity index (χ3n) is 2.69. The van der Waals surface area contributed by atoms with Gasteiger partial charge in [0.05, 0.1) is 0 Å². The van der Waals surface area contributed by atoms with Crippen molar-refractivity contribution in [2.45, 2.75) is 39.2 Å². The van der Waals surface area contributed by atoms with Crippen LogP contribution in [0.4, 0.5) is 0 Å². The van der Waals surface area contributed by atoms with Gasteiger partial charge in [-0.3, -0.25) is 0 Å². The molecule has 1 atom stereocenters. The molecule has 0 aliphatic carbocycles. The molecule has 0 saturated heterocycles. The average Bonchev–Trinajstić information content (AvgIpc) is 2.36. The summed E-state index contributed by atoms with van der Waals surface area (Å²) in [6.45, 7) is 7.63. The van der Waals surface area contributed by atoms with Crippen molar-refractivity contribution in [2.24, 2.45) is 0 Å². The van der Waals surface area contributed by atoms with E-state index in [1.54, 1.807) is 0 Å². The van der Waals surface area contributed by atoms with E-state index in [9.17, 15) is 0 Å². The van der Waals surface area contributed by atoms with Gasteiger partial charge < -0.3 is 8.85 Å². The number of hydrogen-bond acceptors (Lipinski definition) is 2. The molecule has 0 fully saturated rings. The van der Waals surface area contributed by atoms with E-state index in [0.717, 1.165) is 17.9 Å². The van der Waals surface area contributed by atoms with E-state index in [1.165, 1.54) is 5.56 Å². The fourth-order valence-electron chi connectivity index (χ4n) is 1.96. The Morgan fingerprint density at radius 3 is 2.33 bits per heavy atom. The first kappa shape index (κ1) is 15.7. The van der Waals surface area contributed by atoms with Crippen LogP contribution >= 0.6 is 11.6 Å². The van der Waals surface area contributed by atoms with Crippen molar-refractivity contribution >= 4 is 20.9 Å². The Balaban J connectivity index is 2.91. The lowest BCUT2D eigenvalue weighted by atomic mass is 10.1. The lowest BCUT2D eigenvalue weighted by Gasteiger charge is -2.23. The Labute approximate surface area is 117 Å². The number of halogens is 1. The first-order valence-electron chi connectivity index (χ1n) is 6.60. The van der Waals surface area contributed by atoms with Crippen LogP contribution in [0.5, 0.6) is 0 Å². The van der Waals surface area contributed by atoms with Crippen molar-refractivity contribution in [3.8, 4) is 0 Å². The maximum absolute atomic E-state index is 6.08. The predicted molar refractivity (Wildman–Crippen MR) is 78.1 cm³/mol. The summed E-state index contributed by atoms with van der Waals surface area (Å²) in [6.07, 6.45) is 2.19. The highest BCUT2D eigenvalue weighted by Crippen LogP contribution is 2.27. The van der Waals surface area contributed by atoms with Gasteiger partial charge in [-0.25, -0.2) is 0 Å². The Morgan fingerprint density at radius 1 is 1.17 bits per heavy atom. The first-order valence-corrected chi connectivity index (χ1v) is 8.37. The van der Waals surface area contributed by atoms with E-state index in [2.05, 4.69) is 13.0 Å². The summed E-state index contributed by atoms with van der Waals surface area (Å²) in [5, 5.41) is 0.781. The van der Waals surface area contributed by atoms with E-state index < -0.39 is 9.28 Å². The van der Waals surface area contributed by atoms with E-state index >= 15 is 0 Å². The second kappa shape index (κ2) is 8.70. The molecule has 1 rings (SSSR count).